The van der Waals surface area contributed by atoms with Crippen LogP contribution in [0.15, 0.2) is 91.1 Å². The summed E-state index contributed by atoms with van der Waals surface area (Å²) < 4.78 is 141. The van der Waals surface area contributed by atoms with Gasteiger partial charge in [-0.15, -0.1) is 0 Å². The van der Waals surface area contributed by atoms with Crippen molar-refractivity contribution >= 4 is 89.9 Å². The zero-order valence-corrected chi connectivity index (χ0v) is 89.0. The number of pyridine rings is 1. The van der Waals surface area contributed by atoms with E-state index in [9.17, 15) is 51.6 Å². The van der Waals surface area contributed by atoms with Crippen LogP contribution < -0.4 is 26.2 Å². The molecule has 6 amide bonds. The number of aryl methyl sites for hydroxylation is 1. The fraction of sp³-hybridized carbons (Fsp3) is 0.657. The highest BCUT2D eigenvalue weighted by Crippen LogP contribution is 2.72. The number of ether oxygens (including phenoxy) is 18. The molecule has 0 saturated heterocycles. The van der Waals surface area contributed by atoms with Gasteiger partial charge in [-0.2, -0.15) is 13.5 Å². The van der Waals surface area contributed by atoms with Crippen molar-refractivity contribution in [1.82, 2.24) is 45.1 Å². The van der Waals surface area contributed by atoms with E-state index in [4.69, 9.17) is 100 Å². The number of carbonyl (C=O) groups is 7. The highest BCUT2D eigenvalue weighted by atomic mass is 32.2. The molecule has 5 heterocycles. The molecule has 4 bridgehead atoms. The monoisotopic (exact) mass is 2110 g/mol. The Morgan fingerprint density at radius 3 is 1.61 bits per heavy atom. The third-order valence-electron chi connectivity index (χ3n) is 26.5. The van der Waals surface area contributed by atoms with Gasteiger partial charge in [0.05, 0.1) is 219 Å². The molecule has 4 aliphatic carbocycles. The fourth-order valence-electron chi connectivity index (χ4n) is 20.5. The fourth-order valence-corrected chi connectivity index (χ4v) is 21.8. The maximum atomic E-state index is 14.8. The minimum atomic E-state index is -4.60. The van der Waals surface area contributed by atoms with E-state index in [0.717, 1.165) is 82.2 Å². The number of fused-ring (bicyclic) bond motifs is 2. The number of carboxylic acids is 1. The van der Waals surface area contributed by atoms with Crippen LogP contribution in [0.2, 0.25) is 0 Å². The Morgan fingerprint density at radius 2 is 1.09 bits per heavy atom. The highest BCUT2D eigenvalue weighted by Gasteiger charge is 2.66. The normalized spacial score (nSPS) is 18.3. The second kappa shape index (κ2) is 62.6. The van der Waals surface area contributed by atoms with Crippen LogP contribution >= 0.6 is 11.3 Å². The first kappa shape index (κ1) is 119. The molecule has 43 heteroatoms. The number of imide groups is 1. The summed E-state index contributed by atoms with van der Waals surface area (Å²) in [6, 6.07) is 21.0. The number of benzene rings is 3. The first-order valence-corrected chi connectivity index (χ1v) is 54.0. The number of anilines is 3. The number of amides is 6. The van der Waals surface area contributed by atoms with Crippen molar-refractivity contribution in [2.45, 2.75) is 156 Å². The number of hydrogen-bond acceptors (Lipinski definition) is 34. The second-order valence-electron chi connectivity index (χ2n) is 39.1. The summed E-state index contributed by atoms with van der Waals surface area (Å²) in [5.74, 6) is -5.24. The van der Waals surface area contributed by atoms with Gasteiger partial charge in [0.25, 0.3) is 21.9 Å². The number of methoxy groups -OCH3 is 2. The van der Waals surface area contributed by atoms with E-state index in [1.165, 1.54) is 23.0 Å². The van der Waals surface area contributed by atoms with Crippen LogP contribution in [0.5, 0.6) is 0 Å². The number of carboxylic acid groups (broad SMARTS) is 1. The van der Waals surface area contributed by atoms with Gasteiger partial charge < -0.3 is 126 Å². The minimum absolute atomic E-state index is 0.00265. The molecule has 822 valence electrons. The highest BCUT2D eigenvalue weighted by molar-refractivity contribution is 7.85. The van der Waals surface area contributed by atoms with Crippen LogP contribution in [0.4, 0.5) is 21.4 Å². The number of carbonyl (C=O) groups excluding carboxylic acids is 6. The van der Waals surface area contributed by atoms with Gasteiger partial charge in [0.15, 0.2) is 10.8 Å². The number of rotatable bonds is 79. The number of thiazole rings is 1. The molecular formula is C105H156N12O29S2. The number of hydrogen-bond donors (Lipinski definition) is 6. The van der Waals surface area contributed by atoms with Gasteiger partial charge in [0, 0.05) is 114 Å². The van der Waals surface area contributed by atoms with Crippen LogP contribution in [-0.2, 0) is 158 Å². The SMILES string of the molecule is COCCOCCOCCOCCOCCOCCOCCOCCCN(CCCOCCOCCOCCOCCOCCOCCOCCOC)CCCc1cc(NC(=O)[C@H](C)NC(=O)[C@@H](NC(=O)CN2C(=O)C=CC2=O)C(C)C)ccc1COC(=O)N(CCOC12CC3(C)CC(C)(CC(Cn4ncc(-c5ccc(N6CCc7cccc(CNc8nc9ccccc9s8)c7C6)nc5C(=O)O)c4C)(C3)C1)C2)CCS(=O)(=O)O. The van der Waals surface area contributed by atoms with Crippen molar-refractivity contribution in [2.75, 3.05) is 286 Å². The lowest BCUT2D eigenvalue weighted by atomic mass is 9.39. The van der Waals surface area contributed by atoms with Crippen LogP contribution in [0.3, 0.4) is 0 Å². The molecule has 4 fully saturated rings. The van der Waals surface area contributed by atoms with E-state index in [2.05, 4.69) is 69.2 Å². The van der Waals surface area contributed by atoms with Crippen molar-refractivity contribution in [3.8, 4) is 11.1 Å². The lowest BCUT2D eigenvalue weighted by molar-refractivity contribution is -0.248. The third kappa shape index (κ3) is 40.1. The summed E-state index contributed by atoms with van der Waals surface area (Å²) in [7, 11) is -1.35. The van der Waals surface area contributed by atoms with E-state index in [-0.39, 0.29) is 41.7 Å². The smallest absolute Gasteiger partial charge is 0.410 e. The Hall–Kier alpha value is -9.27. The summed E-state index contributed by atoms with van der Waals surface area (Å²) in [6.07, 6.45) is 11.0. The molecule has 0 radical (unpaired) electrons. The largest absolute Gasteiger partial charge is 0.476 e. The minimum Gasteiger partial charge on any atom is -0.476 e. The maximum Gasteiger partial charge on any atom is 0.410 e. The van der Waals surface area contributed by atoms with E-state index in [0.29, 0.717) is 310 Å². The van der Waals surface area contributed by atoms with Crippen molar-refractivity contribution in [1.29, 1.82) is 0 Å². The zero-order valence-electron chi connectivity index (χ0n) is 87.4. The number of aromatic nitrogens is 4. The van der Waals surface area contributed by atoms with Crippen LogP contribution in [-0.4, -0.2) is 382 Å². The quantitative estimate of drug-likeness (QED) is 0.0117. The zero-order chi connectivity index (χ0) is 105. The van der Waals surface area contributed by atoms with Crippen LogP contribution in [0.1, 0.15) is 136 Å². The lowest BCUT2D eigenvalue weighted by Gasteiger charge is -2.69. The Balaban J connectivity index is 0.704. The molecule has 3 aromatic carbocycles. The van der Waals surface area contributed by atoms with Gasteiger partial charge in [0.1, 0.15) is 31.1 Å². The molecule has 41 nitrogen and oxygen atoms in total. The molecule has 4 saturated carbocycles. The van der Waals surface area contributed by atoms with Gasteiger partial charge >= 0.3 is 12.1 Å². The number of nitrogens with one attached hydrogen (secondary N) is 4. The van der Waals surface area contributed by atoms with E-state index in [1.54, 1.807) is 63.8 Å². The predicted octanol–water partition coefficient (Wildman–Crippen LogP) is 9.45. The van der Waals surface area contributed by atoms with Crippen LogP contribution in [0, 0.1) is 29.1 Å². The molecule has 2 unspecified atom stereocenters. The summed E-state index contributed by atoms with van der Waals surface area (Å²) in [4.78, 5) is 110. The second-order valence-corrected chi connectivity index (χ2v) is 41.7. The Kier molecular flexibility index (Phi) is 50.4. The Bertz CT molecular complexity index is 5120. The summed E-state index contributed by atoms with van der Waals surface area (Å²) in [5, 5.41) is 28.5. The molecule has 3 aromatic heterocycles. The Morgan fingerprint density at radius 1 is 0.554 bits per heavy atom. The van der Waals surface area contributed by atoms with Crippen molar-refractivity contribution in [2.24, 2.45) is 22.2 Å². The molecule has 6 aliphatic rings. The molecule has 4 atom stereocenters. The van der Waals surface area contributed by atoms with E-state index in [1.807, 2.05) is 41.9 Å². The average Bonchev–Trinajstić information content (AvgIpc) is 0.953. The van der Waals surface area contributed by atoms with E-state index < -0.39 is 94.2 Å². The molecule has 0 spiro atoms. The van der Waals surface area contributed by atoms with Gasteiger partial charge in [-0.3, -0.25) is 38.1 Å². The van der Waals surface area contributed by atoms with Crippen molar-refractivity contribution in [3.05, 3.63) is 130 Å². The molecule has 6 N–H and O–H groups in total. The van der Waals surface area contributed by atoms with Gasteiger partial charge in [-0.25, -0.2) is 19.6 Å². The Labute approximate surface area is 873 Å². The molecule has 2 aliphatic heterocycles. The number of aromatic carboxylic acids is 1. The summed E-state index contributed by atoms with van der Waals surface area (Å²) in [6.45, 7) is 27.5. The van der Waals surface area contributed by atoms with Gasteiger partial charge in [0.2, 0.25) is 17.7 Å². The van der Waals surface area contributed by atoms with Gasteiger partial charge in [-0.05, 0) is 177 Å². The third-order valence-corrected chi connectivity index (χ3v) is 28.2. The molecular weight excluding hydrogens is 1960 g/mol. The summed E-state index contributed by atoms with van der Waals surface area (Å²) in [5.41, 5.74) is 6.70. The summed E-state index contributed by atoms with van der Waals surface area (Å²) >= 11 is 1.61. The molecule has 12 rings (SSSR count). The first-order chi connectivity index (χ1) is 71.5. The van der Waals surface area contributed by atoms with E-state index >= 15 is 0 Å². The standard InChI is InChI=1S/C105H156N12O29S2/c1-78(2)95(112-92(118)69-116-93(119)24-25-94(116)120)98(122)108-79(3)97(121)109-85-21-20-84(82(65-85)17-12-27-113(28-13-33-131-40-42-135-48-50-139-56-58-143-62-60-141-54-52-137-46-44-133-38-36-129-7)29-14-34-132-41-43-136-49-51-140-57-59-144-63-61-142-55-53-138-47-45-134-39-37-130-8)70-145-101(125)114(32-64-148(126,127)128)31-35-146-105-74-102(5)71-103(6,75-105)73-104(72-102,76-105)77-117-80(4)87(67-107-117)86-22-23-91(111-96(86)99(123)124)115-30-26-81-15-11-16-83(88(81)68-115)66-106-100-110-89-18-9-10-19-90(89)147-100/h9-11,15-16,18-25,65,67,78-79,95H,12-14,17,26-64,66,68-77H2,1-8H3,(H,106,110)(H,108,122)(H,109,121)(H,112,118)(H,123,124)(H,126,127,128)/t79-,95-,102?,103?,104?,105?/m0/s1. The molecule has 6 aromatic rings. The maximum absolute atomic E-state index is 14.8. The number of para-hydroxylation sites is 1. The molecule has 148 heavy (non-hydrogen) atoms. The van der Waals surface area contributed by atoms with Crippen molar-refractivity contribution < 1.29 is 137 Å². The van der Waals surface area contributed by atoms with Crippen LogP contribution in [0.25, 0.3) is 21.3 Å². The topological polar surface area (TPSA) is 465 Å². The predicted molar refractivity (Wildman–Crippen MR) is 553 cm³/mol. The first-order valence-electron chi connectivity index (χ1n) is 51.6. The van der Waals surface area contributed by atoms with Crippen molar-refractivity contribution in [3.63, 3.8) is 0 Å². The lowest BCUT2D eigenvalue weighted by Crippen LogP contribution is -2.64. The number of nitrogens with zero attached hydrogens (tertiary/aromatic N) is 8. The van der Waals surface area contributed by atoms with Gasteiger partial charge in [-0.1, -0.05) is 75.4 Å². The average molecular weight is 2110 g/mol.